The first-order valence-electron chi connectivity index (χ1n) is 17.9. The first-order valence-corrected chi connectivity index (χ1v) is 17.9. The Morgan fingerprint density at radius 1 is 0.365 bits per heavy atom. The van der Waals surface area contributed by atoms with Gasteiger partial charge in [-0.15, -0.1) is 0 Å². The highest BCUT2D eigenvalue weighted by molar-refractivity contribution is 6.11. The van der Waals surface area contributed by atoms with Crippen molar-refractivity contribution < 1.29 is 0 Å². The van der Waals surface area contributed by atoms with E-state index in [-0.39, 0.29) is 0 Å². The van der Waals surface area contributed by atoms with Crippen LogP contribution in [0.5, 0.6) is 0 Å². The van der Waals surface area contributed by atoms with Crippen molar-refractivity contribution in [2.45, 2.75) is 13.8 Å². The number of rotatable bonds is 7. The first-order chi connectivity index (χ1) is 25.6. The molecule has 52 heavy (non-hydrogen) atoms. The topological polar surface area (TPSA) is 8.17 Å². The van der Waals surface area contributed by atoms with Crippen molar-refractivity contribution in [2.75, 3.05) is 4.90 Å². The highest BCUT2D eigenvalue weighted by atomic mass is 15.1. The average Bonchev–Trinajstić information content (AvgIpc) is 3.52. The Labute approximate surface area is 305 Å². The predicted molar refractivity (Wildman–Crippen MR) is 221 cm³/mol. The minimum absolute atomic E-state index is 1.10. The second-order valence-electron chi connectivity index (χ2n) is 13.6. The Kier molecular flexibility index (Phi) is 7.98. The zero-order chi connectivity index (χ0) is 35.0. The van der Waals surface area contributed by atoms with Crippen LogP contribution in [0.3, 0.4) is 0 Å². The van der Waals surface area contributed by atoms with Crippen molar-refractivity contribution in [3.63, 3.8) is 0 Å². The molecule has 0 spiro atoms. The smallest absolute Gasteiger partial charge is 0.0569 e. The second-order valence-corrected chi connectivity index (χ2v) is 13.6. The van der Waals surface area contributed by atoms with Gasteiger partial charge in [-0.25, -0.2) is 0 Å². The summed E-state index contributed by atoms with van der Waals surface area (Å²) >= 11 is 0. The lowest BCUT2D eigenvalue weighted by atomic mass is 9.98. The van der Waals surface area contributed by atoms with Crippen LogP contribution in [0.25, 0.3) is 60.9 Å². The van der Waals surface area contributed by atoms with Gasteiger partial charge in [0.1, 0.15) is 0 Å². The second kappa shape index (κ2) is 13.2. The van der Waals surface area contributed by atoms with Crippen LogP contribution < -0.4 is 4.90 Å². The van der Waals surface area contributed by atoms with E-state index < -0.39 is 0 Å². The Morgan fingerprint density at radius 2 is 0.885 bits per heavy atom. The molecule has 0 aliphatic rings. The lowest BCUT2D eigenvalue weighted by Crippen LogP contribution is -2.10. The lowest BCUT2D eigenvalue weighted by Gasteiger charge is -2.26. The fourth-order valence-electron chi connectivity index (χ4n) is 7.65. The summed E-state index contributed by atoms with van der Waals surface area (Å²) in [5, 5.41) is 2.48. The molecule has 0 atom stereocenters. The molecule has 2 nitrogen and oxygen atoms in total. The highest BCUT2D eigenvalue weighted by Gasteiger charge is 2.20. The van der Waals surface area contributed by atoms with E-state index in [0.29, 0.717) is 0 Å². The maximum absolute atomic E-state index is 2.48. The van der Waals surface area contributed by atoms with Gasteiger partial charge >= 0.3 is 0 Å². The molecule has 8 aromatic carbocycles. The van der Waals surface area contributed by atoms with Crippen LogP contribution in [0.4, 0.5) is 17.1 Å². The minimum Gasteiger partial charge on any atom is -0.310 e. The summed E-state index contributed by atoms with van der Waals surface area (Å²) in [4.78, 5) is 2.38. The van der Waals surface area contributed by atoms with Crippen LogP contribution in [0.2, 0.25) is 0 Å². The quantitative estimate of drug-likeness (QED) is 0.164. The van der Waals surface area contributed by atoms with E-state index in [1.807, 2.05) is 0 Å². The zero-order valence-electron chi connectivity index (χ0n) is 29.4. The van der Waals surface area contributed by atoms with Gasteiger partial charge in [-0.3, -0.25) is 0 Å². The summed E-state index contributed by atoms with van der Waals surface area (Å²) < 4.78 is 2.48. The third-order valence-electron chi connectivity index (χ3n) is 10.2. The molecule has 0 bridgehead atoms. The summed E-state index contributed by atoms with van der Waals surface area (Å²) in [6, 6.07) is 70.3. The number of aryl methyl sites for hydroxylation is 2. The fourth-order valence-corrected chi connectivity index (χ4v) is 7.65. The molecule has 9 aromatic rings. The van der Waals surface area contributed by atoms with Crippen LogP contribution in [0.15, 0.2) is 194 Å². The van der Waals surface area contributed by atoms with Crippen molar-refractivity contribution >= 4 is 38.9 Å². The summed E-state index contributed by atoms with van der Waals surface area (Å²) in [5.41, 5.74) is 16.6. The van der Waals surface area contributed by atoms with E-state index in [1.54, 1.807) is 0 Å². The van der Waals surface area contributed by atoms with Crippen LogP contribution >= 0.6 is 0 Å². The fraction of sp³-hybridized carbons (Fsp3) is 0.0400. The van der Waals surface area contributed by atoms with Gasteiger partial charge in [-0.1, -0.05) is 157 Å². The van der Waals surface area contributed by atoms with E-state index in [4.69, 9.17) is 0 Å². The molecular weight excluding hydrogens is 629 g/mol. The number of para-hydroxylation sites is 2. The molecule has 1 heterocycles. The third kappa shape index (κ3) is 5.65. The number of nitrogens with zero attached hydrogens (tertiary/aromatic N) is 2. The van der Waals surface area contributed by atoms with Crippen LogP contribution in [0.1, 0.15) is 11.1 Å². The van der Waals surface area contributed by atoms with E-state index in [0.717, 1.165) is 17.1 Å². The molecule has 0 radical (unpaired) electrons. The molecule has 0 saturated heterocycles. The number of hydrogen-bond acceptors (Lipinski definition) is 1. The van der Waals surface area contributed by atoms with Crippen molar-refractivity contribution in [1.29, 1.82) is 0 Å². The Morgan fingerprint density at radius 3 is 1.52 bits per heavy atom. The highest BCUT2D eigenvalue weighted by Crippen LogP contribution is 2.42. The summed E-state index contributed by atoms with van der Waals surface area (Å²) in [6.07, 6.45) is 0. The molecule has 0 saturated carbocycles. The molecule has 0 fully saturated rings. The summed E-state index contributed by atoms with van der Waals surface area (Å²) in [5.74, 6) is 0. The number of fused-ring (bicyclic) bond motifs is 3. The van der Waals surface area contributed by atoms with E-state index in [2.05, 4.69) is 217 Å². The molecule has 0 N–H and O–H groups in total. The van der Waals surface area contributed by atoms with Gasteiger partial charge in [0.2, 0.25) is 0 Å². The van der Waals surface area contributed by atoms with E-state index in [9.17, 15) is 0 Å². The van der Waals surface area contributed by atoms with Gasteiger partial charge in [0.15, 0.2) is 0 Å². The zero-order valence-corrected chi connectivity index (χ0v) is 29.4. The molecule has 0 aliphatic heterocycles. The SMILES string of the molecule is Cc1cccc(-c2cccc(C)c2-n2c3ccccc3c3ccc(N(c4ccc(-c5ccccc5)cc4)c4ccc(-c5ccccc5)cc4)cc32)c1. The molecular formula is C50H38N2. The lowest BCUT2D eigenvalue weighted by molar-refractivity contribution is 1.15. The standard InChI is InChI=1S/C50H38N2/c1-35-13-11-19-41(33-35)45-21-12-14-36(2)50(45)52-48-22-10-9-20-46(48)47-32-31-44(34-49(47)52)51(42-27-23-39(24-28-42)37-15-5-3-6-16-37)43-29-25-40(26-30-43)38-17-7-4-8-18-38/h3-34H,1-2H3. The number of hydrogen-bond donors (Lipinski definition) is 0. The molecule has 2 heteroatoms. The van der Waals surface area contributed by atoms with Crippen LogP contribution in [0, 0.1) is 13.8 Å². The van der Waals surface area contributed by atoms with Gasteiger partial charge in [0.25, 0.3) is 0 Å². The Hall–Kier alpha value is -6.64. The van der Waals surface area contributed by atoms with Gasteiger partial charge < -0.3 is 9.47 Å². The van der Waals surface area contributed by atoms with Gasteiger partial charge in [0.05, 0.1) is 16.7 Å². The molecule has 0 amide bonds. The summed E-state index contributed by atoms with van der Waals surface area (Å²) in [7, 11) is 0. The predicted octanol–water partition coefficient (Wildman–Crippen LogP) is 13.9. The van der Waals surface area contributed by atoms with Crippen molar-refractivity contribution in [2.24, 2.45) is 0 Å². The maximum Gasteiger partial charge on any atom is 0.0569 e. The molecule has 0 aliphatic carbocycles. The van der Waals surface area contributed by atoms with Crippen molar-refractivity contribution in [3.05, 3.63) is 205 Å². The van der Waals surface area contributed by atoms with Crippen LogP contribution in [-0.4, -0.2) is 4.57 Å². The Bertz CT molecular complexity index is 2590. The molecule has 9 rings (SSSR count). The molecule has 248 valence electrons. The normalized spacial score (nSPS) is 11.3. The van der Waals surface area contributed by atoms with E-state index >= 15 is 0 Å². The number of anilines is 3. The minimum atomic E-state index is 1.10. The van der Waals surface area contributed by atoms with Gasteiger partial charge in [-0.2, -0.15) is 0 Å². The first kappa shape index (κ1) is 31.3. The molecule has 1 aromatic heterocycles. The van der Waals surface area contributed by atoms with Crippen molar-refractivity contribution in [1.82, 2.24) is 4.57 Å². The largest absolute Gasteiger partial charge is 0.310 e. The van der Waals surface area contributed by atoms with E-state index in [1.165, 1.54) is 72.0 Å². The number of benzene rings is 8. The average molecular weight is 667 g/mol. The van der Waals surface area contributed by atoms with Crippen LogP contribution in [-0.2, 0) is 0 Å². The van der Waals surface area contributed by atoms with Gasteiger partial charge in [0, 0.05) is 33.4 Å². The maximum atomic E-state index is 2.48. The third-order valence-corrected chi connectivity index (χ3v) is 10.2. The monoisotopic (exact) mass is 666 g/mol. The summed E-state index contributed by atoms with van der Waals surface area (Å²) in [6.45, 7) is 4.40. The van der Waals surface area contributed by atoms with Gasteiger partial charge in [-0.05, 0) is 89.7 Å². The number of aromatic nitrogens is 1. The molecule has 0 unspecified atom stereocenters. The Balaban J connectivity index is 1.26. The van der Waals surface area contributed by atoms with Crippen molar-refractivity contribution in [3.8, 4) is 39.1 Å².